The first-order valence-electron chi connectivity index (χ1n) is 6.12. The molecule has 0 spiro atoms. The first-order valence-corrected chi connectivity index (χ1v) is 6.94. The molecule has 0 aliphatic rings. The van der Waals surface area contributed by atoms with Gasteiger partial charge in [-0.25, -0.2) is 9.97 Å². The maximum atomic E-state index is 13.3. The Labute approximate surface area is 127 Å². The summed E-state index contributed by atoms with van der Waals surface area (Å²) in [5, 5.41) is 12.5. The summed E-state index contributed by atoms with van der Waals surface area (Å²) in [6, 6.07) is 0. The van der Waals surface area contributed by atoms with Gasteiger partial charge in [0.2, 0.25) is 11.5 Å². The second-order valence-electron chi connectivity index (χ2n) is 4.72. The third kappa shape index (κ3) is 3.12. The number of hydrogen-bond acceptors (Lipinski definition) is 5. The lowest BCUT2D eigenvalue weighted by atomic mass is 9.97. The topological polar surface area (TPSA) is 80.0 Å². The van der Waals surface area contributed by atoms with Crippen LogP contribution in [0.5, 0.6) is 0 Å². The van der Waals surface area contributed by atoms with Crippen LogP contribution in [0.3, 0.4) is 0 Å². The molecule has 2 rings (SSSR count). The Kier molecular flexibility index (Phi) is 4.25. The van der Waals surface area contributed by atoms with Gasteiger partial charge >= 0.3 is 6.18 Å². The van der Waals surface area contributed by atoms with E-state index in [9.17, 15) is 23.1 Å². The average Bonchev–Trinajstić information content (AvgIpc) is 2.96. The molecule has 22 heavy (non-hydrogen) atoms. The lowest BCUT2D eigenvalue weighted by molar-refractivity contribution is -0.270. The molecule has 1 amide bonds. The minimum absolute atomic E-state index is 0.173. The lowest BCUT2D eigenvalue weighted by Crippen LogP contribution is -2.46. The van der Waals surface area contributed by atoms with E-state index in [1.54, 1.807) is 6.92 Å². The molecule has 2 aromatic rings. The number of carbonyl (C=O) groups excluding carboxylic acids is 1. The molecule has 120 valence electrons. The number of aromatic nitrogens is 3. The fourth-order valence-corrected chi connectivity index (χ4v) is 2.56. The van der Waals surface area contributed by atoms with E-state index in [0.29, 0.717) is 0 Å². The summed E-state index contributed by atoms with van der Waals surface area (Å²) in [7, 11) is 1.31. The Morgan fingerprint density at radius 2 is 2.14 bits per heavy atom. The van der Waals surface area contributed by atoms with Crippen LogP contribution in [0, 0.1) is 6.92 Å². The van der Waals surface area contributed by atoms with Crippen molar-refractivity contribution in [3.63, 3.8) is 0 Å². The smallest absolute Gasteiger partial charge is 0.374 e. The van der Waals surface area contributed by atoms with Crippen molar-refractivity contribution in [2.24, 2.45) is 7.05 Å². The van der Waals surface area contributed by atoms with Gasteiger partial charge < -0.3 is 15.0 Å². The zero-order chi connectivity index (χ0) is 16.5. The Bertz CT molecular complexity index is 682. The predicted molar refractivity (Wildman–Crippen MR) is 73.3 cm³/mol. The van der Waals surface area contributed by atoms with E-state index in [2.05, 4.69) is 15.3 Å². The average molecular weight is 334 g/mol. The third-order valence-corrected chi connectivity index (χ3v) is 3.77. The van der Waals surface area contributed by atoms with Crippen molar-refractivity contribution in [3.05, 3.63) is 29.3 Å². The number of hydrogen-bond donors (Lipinski definition) is 2. The predicted octanol–water partition coefficient (Wildman–Crippen LogP) is 1.96. The molecular weight excluding hydrogens is 321 g/mol. The summed E-state index contributed by atoms with van der Waals surface area (Å²) in [5.74, 6) is -1.65. The minimum atomic E-state index is -5.05. The Morgan fingerprint density at radius 1 is 1.45 bits per heavy atom. The van der Waals surface area contributed by atoms with Crippen LogP contribution in [0.4, 0.5) is 18.3 Å². The molecule has 0 radical (unpaired) electrons. The van der Waals surface area contributed by atoms with Gasteiger partial charge in [0.05, 0.1) is 6.42 Å². The van der Waals surface area contributed by atoms with Gasteiger partial charge in [-0.3, -0.25) is 4.79 Å². The van der Waals surface area contributed by atoms with Crippen LogP contribution in [0.25, 0.3) is 0 Å². The highest BCUT2D eigenvalue weighted by atomic mass is 32.1. The zero-order valence-corrected chi connectivity index (χ0v) is 12.5. The van der Waals surface area contributed by atoms with Crippen LogP contribution in [-0.2, 0) is 17.4 Å². The summed E-state index contributed by atoms with van der Waals surface area (Å²) >= 11 is 1.12. The molecule has 0 unspecified atom stereocenters. The molecule has 0 aliphatic heterocycles. The molecule has 10 heteroatoms. The summed E-state index contributed by atoms with van der Waals surface area (Å²) in [5.41, 5.74) is -3.37. The Morgan fingerprint density at radius 3 is 2.59 bits per heavy atom. The van der Waals surface area contributed by atoms with Crippen molar-refractivity contribution in [2.45, 2.75) is 25.1 Å². The van der Waals surface area contributed by atoms with Crippen LogP contribution < -0.4 is 5.32 Å². The first kappa shape index (κ1) is 16.4. The van der Waals surface area contributed by atoms with Gasteiger partial charge in [0.1, 0.15) is 0 Å². The van der Waals surface area contributed by atoms with Crippen molar-refractivity contribution < 1.29 is 23.1 Å². The molecule has 2 aromatic heterocycles. The van der Waals surface area contributed by atoms with Crippen molar-refractivity contribution in [3.8, 4) is 0 Å². The van der Waals surface area contributed by atoms with E-state index in [4.69, 9.17) is 0 Å². The largest absolute Gasteiger partial charge is 0.425 e. The molecule has 0 fully saturated rings. The van der Waals surface area contributed by atoms with Crippen molar-refractivity contribution in [1.82, 2.24) is 14.5 Å². The highest BCUT2D eigenvalue weighted by Gasteiger charge is 2.58. The van der Waals surface area contributed by atoms with E-state index < -0.39 is 29.9 Å². The normalized spacial score (nSPS) is 14.6. The summed E-state index contributed by atoms with van der Waals surface area (Å²) in [6.45, 7) is 1.74. The fourth-order valence-electron chi connectivity index (χ4n) is 1.88. The summed E-state index contributed by atoms with van der Waals surface area (Å²) < 4.78 is 40.8. The highest BCUT2D eigenvalue weighted by Crippen LogP contribution is 2.40. The van der Waals surface area contributed by atoms with Gasteiger partial charge in [0.15, 0.2) is 11.0 Å². The number of amides is 1. The van der Waals surface area contributed by atoms with Crippen LogP contribution in [-0.4, -0.2) is 31.7 Å². The monoisotopic (exact) mass is 334 g/mol. The quantitative estimate of drug-likeness (QED) is 0.896. The van der Waals surface area contributed by atoms with E-state index >= 15 is 0 Å². The number of rotatable bonds is 4. The van der Waals surface area contributed by atoms with E-state index in [1.807, 2.05) is 0 Å². The second kappa shape index (κ2) is 5.69. The number of anilines is 1. The Hall–Kier alpha value is -1.94. The maximum Gasteiger partial charge on any atom is 0.425 e. The van der Waals surface area contributed by atoms with Crippen molar-refractivity contribution >= 4 is 22.4 Å². The molecule has 2 heterocycles. The SMILES string of the molecule is Cc1cnc(NC(=O)C[C@@](O)(c2nccn2C)C(F)(F)F)s1. The van der Waals surface area contributed by atoms with Gasteiger partial charge in [-0.2, -0.15) is 13.2 Å². The number of nitrogens with zero attached hydrogens (tertiary/aromatic N) is 3. The molecule has 6 nitrogen and oxygen atoms in total. The fraction of sp³-hybridized carbons (Fsp3) is 0.417. The number of thiazole rings is 1. The Balaban J connectivity index is 2.24. The second-order valence-corrected chi connectivity index (χ2v) is 5.96. The number of imidazole rings is 1. The number of halogens is 3. The number of aliphatic hydroxyl groups is 1. The van der Waals surface area contributed by atoms with E-state index in [1.165, 1.54) is 19.4 Å². The molecule has 0 aliphatic carbocycles. The van der Waals surface area contributed by atoms with Crippen LogP contribution in [0.15, 0.2) is 18.6 Å². The first-order chi connectivity index (χ1) is 10.1. The van der Waals surface area contributed by atoms with E-state index in [-0.39, 0.29) is 5.13 Å². The number of nitrogens with one attached hydrogen (secondary N) is 1. The number of alkyl halides is 3. The van der Waals surface area contributed by atoms with Crippen molar-refractivity contribution in [2.75, 3.05) is 5.32 Å². The molecule has 0 bridgehead atoms. The standard InChI is InChI=1S/C12H13F3N4O2S/c1-7-6-17-10(22-7)18-8(20)5-11(21,12(13,14)15)9-16-3-4-19(9)2/h3-4,6,21H,5H2,1-2H3,(H,17,18,20)/t11-/m1/s1. The lowest BCUT2D eigenvalue weighted by Gasteiger charge is -2.29. The molecule has 0 saturated carbocycles. The molecule has 0 aromatic carbocycles. The van der Waals surface area contributed by atoms with Gasteiger partial charge in [-0.1, -0.05) is 0 Å². The number of aryl methyl sites for hydroxylation is 2. The van der Waals surface area contributed by atoms with Crippen molar-refractivity contribution in [1.29, 1.82) is 0 Å². The number of carbonyl (C=O) groups is 1. The van der Waals surface area contributed by atoms with Crippen LogP contribution in [0.2, 0.25) is 0 Å². The maximum absolute atomic E-state index is 13.3. The van der Waals surface area contributed by atoms with Gasteiger partial charge in [-0.15, -0.1) is 11.3 Å². The third-order valence-electron chi connectivity index (χ3n) is 2.94. The van der Waals surface area contributed by atoms with Crippen LogP contribution in [0.1, 0.15) is 17.1 Å². The molecule has 1 atom stereocenters. The minimum Gasteiger partial charge on any atom is -0.374 e. The highest BCUT2D eigenvalue weighted by molar-refractivity contribution is 7.15. The molecular formula is C12H13F3N4O2S. The summed E-state index contributed by atoms with van der Waals surface area (Å²) in [4.78, 5) is 20.0. The summed E-state index contributed by atoms with van der Waals surface area (Å²) in [6.07, 6.45) is -2.40. The molecule has 2 N–H and O–H groups in total. The van der Waals surface area contributed by atoms with Gasteiger partial charge in [0.25, 0.3) is 0 Å². The van der Waals surface area contributed by atoms with Crippen LogP contribution >= 0.6 is 11.3 Å². The van der Waals surface area contributed by atoms with Gasteiger partial charge in [-0.05, 0) is 6.92 Å². The molecule has 0 saturated heterocycles. The van der Waals surface area contributed by atoms with E-state index in [0.717, 1.165) is 27.0 Å². The van der Waals surface area contributed by atoms with Gasteiger partial charge in [0, 0.05) is 30.5 Å². The zero-order valence-electron chi connectivity index (χ0n) is 11.7.